The van der Waals surface area contributed by atoms with Crippen LogP contribution in [0, 0.1) is 12.8 Å². The molecule has 1 fully saturated rings. The minimum Gasteiger partial charge on any atom is -0.492 e. The summed E-state index contributed by atoms with van der Waals surface area (Å²) in [5, 5.41) is 5.09. The fourth-order valence-corrected chi connectivity index (χ4v) is 5.20. The van der Waals surface area contributed by atoms with Crippen molar-refractivity contribution in [3.05, 3.63) is 54.1 Å². The third kappa shape index (κ3) is 7.01. The molecule has 2 aromatic rings. The Labute approximate surface area is 184 Å². The molecule has 0 aromatic heterocycles. The first kappa shape index (κ1) is 23.7. The van der Waals surface area contributed by atoms with Crippen molar-refractivity contribution in [1.29, 1.82) is 0 Å². The van der Waals surface area contributed by atoms with Gasteiger partial charge in [-0.05, 0) is 68.6 Å². The summed E-state index contributed by atoms with van der Waals surface area (Å²) in [5.41, 5.74) is 1.02. The first-order chi connectivity index (χ1) is 14.6. The van der Waals surface area contributed by atoms with E-state index in [1.165, 1.54) is 12.1 Å². The summed E-state index contributed by atoms with van der Waals surface area (Å²) in [6.45, 7) is 5.22. The van der Waals surface area contributed by atoms with Crippen LogP contribution in [0.1, 0.15) is 18.4 Å². The second-order valence-corrected chi connectivity index (χ2v) is 11.2. The molecule has 0 bridgehead atoms. The number of sulfonamides is 2. The lowest BCUT2D eigenvalue weighted by Crippen LogP contribution is -2.42. The summed E-state index contributed by atoms with van der Waals surface area (Å²) in [7, 11) is -7.22. The van der Waals surface area contributed by atoms with Crippen LogP contribution in [0.4, 0.5) is 0 Å². The van der Waals surface area contributed by atoms with Crippen molar-refractivity contribution in [3.63, 3.8) is 0 Å². The topological polar surface area (TPSA) is 119 Å². The maximum absolute atomic E-state index is 12.5. The molecule has 0 saturated carbocycles. The first-order valence-electron chi connectivity index (χ1n) is 10.2. The van der Waals surface area contributed by atoms with Crippen LogP contribution in [0.3, 0.4) is 0 Å². The maximum Gasteiger partial charge on any atom is 0.240 e. The van der Waals surface area contributed by atoms with E-state index in [9.17, 15) is 16.8 Å². The lowest BCUT2D eigenvalue weighted by Gasteiger charge is -2.32. The second kappa shape index (κ2) is 10.1. The Morgan fingerprint density at radius 1 is 1.03 bits per heavy atom. The Hall–Kier alpha value is -1.98. The summed E-state index contributed by atoms with van der Waals surface area (Å²) in [6, 6.07) is 12.8. The molecule has 3 N–H and O–H groups in total. The monoisotopic (exact) mass is 467 g/mol. The largest absolute Gasteiger partial charge is 0.492 e. The Kier molecular flexibility index (Phi) is 7.71. The van der Waals surface area contributed by atoms with Crippen molar-refractivity contribution in [2.24, 2.45) is 11.1 Å². The van der Waals surface area contributed by atoms with Crippen molar-refractivity contribution in [1.82, 2.24) is 9.62 Å². The van der Waals surface area contributed by atoms with Crippen LogP contribution in [0.15, 0.2) is 58.3 Å². The number of likely N-dealkylation sites (tertiary alicyclic amines) is 1. The molecular formula is C21H29N3O5S2. The predicted molar refractivity (Wildman–Crippen MR) is 119 cm³/mol. The van der Waals surface area contributed by atoms with Gasteiger partial charge in [-0.3, -0.25) is 4.90 Å². The average molecular weight is 468 g/mol. The van der Waals surface area contributed by atoms with Gasteiger partial charge in [0.25, 0.3) is 0 Å². The van der Waals surface area contributed by atoms with Crippen molar-refractivity contribution in [2.45, 2.75) is 29.6 Å². The van der Waals surface area contributed by atoms with Gasteiger partial charge >= 0.3 is 0 Å². The zero-order valence-electron chi connectivity index (χ0n) is 17.5. The molecular weight excluding hydrogens is 438 g/mol. The Balaban J connectivity index is 1.44. The number of nitrogens with zero attached hydrogens (tertiary/aromatic N) is 1. The van der Waals surface area contributed by atoms with Gasteiger partial charge < -0.3 is 4.74 Å². The van der Waals surface area contributed by atoms with Crippen molar-refractivity contribution < 1.29 is 21.6 Å². The van der Waals surface area contributed by atoms with E-state index in [2.05, 4.69) is 9.62 Å². The van der Waals surface area contributed by atoms with Gasteiger partial charge in [-0.1, -0.05) is 17.7 Å². The van der Waals surface area contributed by atoms with Gasteiger partial charge in [0.1, 0.15) is 12.4 Å². The van der Waals surface area contributed by atoms with Crippen LogP contribution < -0.4 is 14.6 Å². The summed E-state index contributed by atoms with van der Waals surface area (Å²) in [4.78, 5) is 2.59. The number of primary sulfonamides is 1. The van der Waals surface area contributed by atoms with Gasteiger partial charge in [0.15, 0.2) is 0 Å². The summed E-state index contributed by atoms with van der Waals surface area (Å²) < 4.78 is 56.0. The zero-order valence-corrected chi connectivity index (χ0v) is 19.2. The number of piperidine rings is 1. The molecule has 1 aliphatic rings. The molecule has 170 valence electrons. The number of hydrogen-bond acceptors (Lipinski definition) is 6. The van der Waals surface area contributed by atoms with E-state index in [1.54, 1.807) is 36.4 Å². The van der Waals surface area contributed by atoms with Gasteiger partial charge in [-0.25, -0.2) is 26.7 Å². The molecule has 1 heterocycles. The van der Waals surface area contributed by atoms with Crippen molar-refractivity contribution in [2.75, 3.05) is 32.8 Å². The smallest absolute Gasteiger partial charge is 0.240 e. The minimum absolute atomic E-state index is 0.0480. The van der Waals surface area contributed by atoms with Crippen LogP contribution in [0.2, 0.25) is 0 Å². The average Bonchev–Trinajstić information content (AvgIpc) is 2.73. The highest BCUT2D eigenvalue weighted by molar-refractivity contribution is 7.89. The maximum atomic E-state index is 12.5. The lowest BCUT2D eigenvalue weighted by molar-refractivity contribution is 0.148. The molecule has 0 aliphatic carbocycles. The Morgan fingerprint density at radius 2 is 1.68 bits per heavy atom. The Morgan fingerprint density at radius 3 is 2.32 bits per heavy atom. The van der Waals surface area contributed by atoms with Crippen LogP contribution in [-0.4, -0.2) is 54.5 Å². The number of benzene rings is 2. The van der Waals surface area contributed by atoms with Gasteiger partial charge in [-0.2, -0.15) is 0 Å². The van der Waals surface area contributed by atoms with Crippen LogP contribution in [-0.2, 0) is 20.0 Å². The normalized spacial score (nSPS) is 18.1. The summed E-state index contributed by atoms with van der Waals surface area (Å²) in [6.07, 6.45) is 1.97. The van der Waals surface area contributed by atoms with Crippen molar-refractivity contribution >= 4 is 20.0 Å². The quantitative estimate of drug-likeness (QED) is 0.580. The molecule has 1 atom stereocenters. The number of ether oxygens (including phenoxy) is 1. The number of hydrogen-bond donors (Lipinski definition) is 2. The van der Waals surface area contributed by atoms with Gasteiger partial charge in [0.2, 0.25) is 20.0 Å². The fraction of sp³-hybridized carbons (Fsp3) is 0.429. The standard InChI is InChI=1S/C21H29N3O5S2/c1-17-4-8-21(9-5-17)31(27,28)23-15-18-3-2-12-24(16-18)13-14-29-19-6-10-20(11-7-19)30(22,25)26/h4-11,18,23H,2-3,12-16H2,1H3,(H2,22,25,26). The number of aryl methyl sites for hydroxylation is 1. The number of nitrogens with two attached hydrogens (primary N) is 1. The summed E-state index contributed by atoms with van der Waals surface area (Å²) in [5.74, 6) is 0.815. The van der Waals surface area contributed by atoms with E-state index < -0.39 is 20.0 Å². The number of nitrogens with one attached hydrogen (secondary N) is 1. The Bertz CT molecular complexity index is 1070. The SMILES string of the molecule is Cc1ccc(S(=O)(=O)NCC2CCCN(CCOc3ccc(S(N)(=O)=O)cc3)C2)cc1. The predicted octanol–water partition coefficient (Wildman–Crippen LogP) is 1.71. The van der Waals surface area contributed by atoms with E-state index in [-0.39, 0.29) is 15.7 Å². The van der Waals surface area contributed by atoms with E-state index in [4.69, 9.17) is 9.88 Å². The van der Waals surface area contributed by atoms with Crippen LogP contribution in [0.25, 0.3) is 0 Å². The van der Waals surface area contributed by atoms with E-state index in [0.29, 0.717) is 25.4 Å². The van der Waals surface area contributed by atoms with Crippen LogP contribution >= 0.6 is 0 Å². The molecule has 8 nitrogen and oxygen atoms in total. The molecule has 1 saturated heterocycles. The van der Waals surface area contributed by atoms with Crippen molar-refractivity contribution in [3.8, 4) is 5.75 Å². The molecule has 1 aliphatic heterocycles. The highest BCUT2D eigenvalue weighted by Gasteiger charge is 2.22. The highest BCUT2D eigenvalue weighted by atomic mass is 32.2. The molecule has 10 heteroatoms. The number of rotatable bonds is 9. The molecule has 31 heavy (non-hydrogen) atoms. The molecule has 1 unspecified atom stereocenters. The van der Waals surface area contributed by atoms with E-state index in [0.717, 1.165) is 31.5 Å². The van der Waals surface area contributed by atoms with E-state index in [1.807, 2.05) is 6.92 Å². The molecule has 3 rings (SSSR count). The van der Waals surface area contributed by atoms with Crippen LogP contribution in [0.5, 0.6) is 5.75 Å². The highest BCUT2D eigenvalue weighted by Crippen LogP contribution is 2.18. The minimum atomic E-state index is -3.71. The van der Waals surface area contributed by atoms with Gasteiger partial charge in [0.05, 0.1) is 9.79 Å². The lowest BCUT2D eigenvalue weighted by atomic mass is 9.98. The second-order valence-electron chi connectivity index (χ2n) is 7.84. The van der Waals surface area contributed by atoms with E-state index >= 15 is 0 Å². The zero-order chi connectivity index (χ0) is 22.5. The van der Waals surface area contributed by atoms with Gasteiger partial charge in [-0.15, -0.1) is 0 Å². The first-order valence-corrected chi connectivity index (χ1v) is 13.2. The molecule has 0 spiro atoms. The van der Waals surface area contributed by atoms with Gasteiger partial charge in [0, 0.05) is 19.6 Å². The third-order valence-corrected chi connectivity index (χ3v) is 7.69. The fourth-order valence-electron chi connectivity index (χ4n) is 3.57. The molecule has 2 aromatic carbocycles. The third-order valence-electron chi connectivity index (χ3n) is 5.32. The molecule has 0 amide bonds. The summed E-state index contributed by atoms with van der Waals surface area (Å²) >= 11 is 0. The molecule has 0 radical (unpaired) electrons.